The number of amides is 1. The van der Waals surface area contributed by atoms with Crippen LogP contribution in [0, 0.1) is 11.7 Å². The summed E-state index contributed by atoms with van der Waals surface area (Å²) in [6.07, 6.45) is 4.93. The summed E-state index contributed by atoms with van der Waals surface area (Å²) in [5.41, 5.74) is 0.361. The maximum atomic E-state index is 15.3. The average Bonchev–Trinajstić information content (AvgIpc) is 3.38. The molecule has 1 fully saturated rings. The summed E-state index contributed by atoms with van der Waals surface area (Å²) in [5.74, 6) is 0.464. The Kier molecular flexibility index (Phi) is 10.4. The second kappa shape index (κ2) is 14.9. The fourth-order valence-electron chi connectivity index (χ4n) is 5.66. The Bertz CT molecular complexity index is 2060. The van der Waals surface area contributed by atoms with Crippen LogP contribution in [0.25, 0.3) is 16.6 Å². The summed E-state index contributed by atoms with van der Waals surface area (Å²) in [6, 6.07) is 13.7. The van der Waals surface area contributed by atoms with Gasteiger partial charge in [-0.15, -0.1) is 5.10 Å². The third-order valence-corrected chi connectivity index (χ3v) is 9.01. The molecular formula is C35H35Cl2FN6O5. The second-order valence-corrected chi connectivity index (χ2v) is 12.8. The van der Waals surface area contributed by atoms with Gasteiger partial charge in [-0.1, -0.05) is 30.1 Å². The first-order valence-corrected chi connectivity index (χ1v) is 16.6. The molecule has 0 radical (unpaired) electrons. The van der Waals surface area contributed by atoms with E-state index in [-0.39, 0.29) is 28.0 Å². The molecule has 5 aromatic rings. The SMILES string of the molecule is COc1cc2c(Oc3ccc(NC(=O)c4nn(-c5ccc(Cl)cc5Cl)c(=O)n4C)cc3F)ccnc2cc1OCCCN1CCC(C)CC1. The smallest absolute Gasteiger partial charge is 0.350 e. The van der Waals surface area contributed by atoms with Gasteiger partial charge in [0.05, 0.1) is 29.9 Å². The van der Waals surface area contributed by atoms with Crippen molar-refractivity contribution in [3.63, 3.8) is 0 Å². The molecule has 1 aliphatic heterocycles. The molecule has 1 amide bonds. The molecule has 0 unspecified atom stereocenters. The third-order valence-electron chi connectivity index (χ3n) is 8.47. The number of ether oxygens (including phenoxy) is 3. The van der Waals surface area contributed by atoms with Crippen LogP contribution in [0.2, 0.25) is 10.0 Å². The molecular weight excluding hydrogens is 674 g/mol. The van der Waals surface area contributed by atoms with E-state index in [9.17, 15) is 9.59 Å². The highest BCUT2D eigenvalue weighted by molar-refractivity contribution is 6.35. The number of hydrogen-bond acceptors (Lipinski definition) is 8. The number of rotatable bonds is 11. The molecule has 11 nitrogen and oxygen atoms in total. The first-order chi connectivity index (χ1) is 23.6. The van der Waals surface area contributed by atoms with Crippen molar-refractivity contribution in [2.24, 2.45) is 13.0 Å². The molecule has 3 heterocycles. The summed E-state index contributed by atoms with van der Waals surface area (Å²) >= 11 is 12.2. The highest BCUT2D eigenvalue weighted by Crippen LogP contribution is 2.38. The van der Waals surface area contributed by atoms with Gasteiger partial charge in [0.1, 0.15) is 5.75 Å². The topological polar surface area (TPSA) is 113 Å². The number of nitrogens with one attached hydrogen (secondary N) is 1. The van der Waals surface area contributed by atoms with Crippen molar-refractivity contribution in [3.05, 3.63) is 93.0 Å². The number of carbonyl (C=O) groups is 1. The molecule has 1 aliphatic rings. The standard InChI is InChI=1S/C35H35Cl2FN6O5/c1-21-10-14-43(15-11-21)13-4-16-48-32-20-27-24(19-31(32)47-3)29(9-12-39-27)49-30-8-6-23(18-26(30)38)40-34(45)33-41-44(35(46)42(33)2)28-7-5-22(36)17-25(28)37/h5-9,12,17-21H,4,10-11,13-16H2,1-3H3,(H,40,45). The Morgan fingerprint density at radius 1 is 1.02 bits per heavy atom. The van der Waals surface area contributed by atoms with Crippen LogP contribution >= 0.6 is 23.2 Å². The molecule has 0 saturated carbocycles. The van der Waals surface area contributed by atoms with Crippen molar-refractivity contribution >= 4 is 45.7 Å². The Morgan fingerprint density at radius 3 is 2.55 bits per heavy atom. The van der Waals surface area contributed by atoms with Crippen molar-refractivity contribution in [1.29, 1.82) is 0 Å². The molecule has 1 saturated heterocycles. The van der Waals surface area contributed by atoms with Crippen LogP contribution < -0.4 is 25.2 Å². The van der Waals surface area contributed by atoms with Gasteiger partial charge in [-0.05, 0) is 80.7 Å². The number of pyridine rings is 1. The van der Waals surface area contributed by atoms with Crippen LogP contribution in [-0.2, 0) is 7.05 Å². The third kappa shape index (κ3) is 7.66. The van der Waals surface area contributed by atoms with Gasteiger partial charge < -0.3 is 24.4 Å². The molecule has 6 rings (SSSR count). The lowest BCUT2D eigenvalue weighted by atomic mass is 9.99. The predicted molar refractivity (Wildman–Crippen MR) is 186 cm³/mol. The van der Waals surface area contributed by atoms with Crippen LogP contribution in [-0.4, -0.2) is 63.5 Å². The zero-order valence-corrected chi connectivity index (χ0v) is 28.7. The van der Waals surface area contributed by atoms with E-state index in [4.69, 9.17) is 37.4 Å². The molecule has 2 aromatic heterocycles. The van der Waals surface area contributed by atoms with Crippen LogP contribution in [0.15, 0.2) is 65.6 Å². The molecule has 1 N–H and O–H groups in total. The Hall–Kier alpha value is -4.65. The number of carbonyl (C=O) groups excluding carboxylic acids is 1. The van der Waals surface area contributed by atoms with Crippen LogP contribution in [0.3, 0.4) is 0 Å². The highest BCUT2D eigenvalue weighted by Gasteiger charge is 2.21. The van der Waals surface area contributed by atoms with E-state index < -0.39 is 17.4 Å². The summed E-state index contributed by atoms with van der Waals surface area (Å²) in [5, 5.41) is 7.87. The lowest BCUT2D eigenvalue weighted by Gasteiger charge is -2.30. The average molecular weight is 710 g/mol. The molecule has 0 spiro atoms. The zero-order chi connectivity index (χ0) is 34.7. The molecule has 49 heavy (non-hydrogen) atoms. The lowest BCUT2D eigenvalue weighted by Crippen LogP contribution is -2.34. The Labute approximate surface area is 292 Å². The Morgan fingerprint density at radius 2 is 1.82 bits per heavy atom. The molecule has 14 heteroatoms. The van der Waals surface area contributed by atoms with Gasteiger partial charge in [0, 0.05) is 48.0 Å². The van der Waals surface area contributed by atoms with E-state index in [1.54, 1.807) is 37.6 Å². The monoisotopic (exact) mass is 708 g/mol. The van der Waals surface area contributed by atoms with Crippen LogP contribution in [0.1, 0.15) is 36.8 Å². The van der Waals surface area contributed by atoms with Crippen molar-refractivity contribution in [3.8, 4) is 28.7 Å². The summed E-state index contributed by atoms with van der Waals surface area (Å²) < 4.78 is 35.1. The maximum Gasteiger partial charge on any atom is 0.350 e. The molecule has 3 aromatic carbocycles. The normalized spacial score (nSPS) is 13.8. The van der Waals surface area contributed by atoms with Crippen molar-refractivity contribution < 1.29 is 23.4 Å². The number of anilines is 1. The van der Waals surface area contributed by atoms with E-state index >= 15 is 4.39 Å². The minimum atomic E-state index is -0.733. The predicted octanol–water partition coefficient (Wildman–Crippen LogP) is 7.12. The lowest BCUT2D eigenvalue weighted by molar-refractivity contribution is 0.101. The van der Waals surface area contributed by atoms with Crippen molar-refractivity contribution in [2.75, 3.05) is 38.7 Å². The number of nitrogens with zero attached hydrogens (tertiary/aromatic N) is 5. The van der Waals surface area contributed by atoms with Gasteiger partial charge in [0.2, 0.25) is 5.82 Å². The number of hydrogen-bond donors (Lipinski definition) is 1. The molecule has 0 atom stereocenters. The number of halogens is 3. The summed E-state index contributed by atoms with van der Waals surface area (Å²) in [4.78, 5) is 32.8. The maximum absolute atomic E-state index is 15.3. The van der Waals surface area contributed by atoms with E-state index in [1.807, 2.05) is 0 Å². The largest absolute Gasteiger partial charge is 0.493 e. The van der Waals surface area contributed by atoms with Crippen molar-refractivity contribution in [1.82, 2.24) is 24.2 Å². The van der Waals surface area contributed by atoms with E-state index in [1.165, 1.54) is 44.2 Å². The zero-order valence-electron chi connectivity index (χ0n) is 27.2. The Balaban J connectivity index is 1.14. The minimum Gasteiger partial charge on any atom is -0.493 e. The van der Waals surface area contributed by atoms with E-state index in [0.29, 0.717) is 39.8 Å². The highest BCUT2D eigenvalue weighted by atomic mass is 35.5. The molecule has 0 aliphatic carbocycles. The van der Waals surface area contributed by atoms with E-state index in [2.05, 4.69) is 27.2 Å². The molecule has 256 valence electrons. The molecule has 0 bridgehead atoms. The fourth-order valence-corrected chi connectivity index (χ4v) is 6.15. The number of aromatic nitrogens is 4. The van der Waals surface area contributed by atoms with E-state index in [0.717, 1.165) is 47.3 Å². The quantitative estimate of drug-likeness (QED) is 0.144. The number of methoxy groups -OCH3 is 1. The van der Waals surface area contributed by atoms with Gasteiger partial charge >= 0.3 is 5.69 Å². The summed E-state index contributed by atoms with van der Waals surface area (Å²) in [7, 11) is 2.95. The fraction of sp³-hybridized carbons (Fsp3) is 0.314. The van der Waals surface area contributed by atoms with Crippen LogP contribution in [0.5, 0.6) is 23.0 Å². The van der Waals surface area contributed by atoms with Crippen molar-refractivity contribution in [2.45, 2.75) is 26.2 Å². The van der Waals surface area contributed by atoms with Gasteiger partial charge in [0.15, 0.2) is 23.1 Å². The second-order valence-electron chi connectivity index (χ2n) is 11.9. The number of benzene rings is 3. The van der Waals surface area contributed by atoms with Gasteiger partial charge in [-0.3, -0.25) is 14.3 Å². The number of fused-ring (bicyclic) bond motifs is 1. The first kappa shape index (κ1) is 34.2. The first-order valence-electron chi connectivity index (χ1n) is 15.8. The number of piperidine rings is 1. The van der Waals surface area contributed by atoms with Gasteiger partial charge in [0.25, 0.3) is 5.91 Å². The van der Waals surface area contributed by atoms with Gasteiger partial charge in [-0.2, -0.15) is 4.68 Å². The summed E-state index contributed by atoms with van der Waals surface area (Å²) in [6.45, 7) is 6.07. The number of likely N-dealkylation sites (tertiary alicyclic amines) is 1. The van der Waals surface area contributed by atoms with Crippen LogP contribution in [0.4, 0.5) is 10.1 Å². The minimum absolute atomic E-state index is 0.0778. The van der Waals surface area contributed by atoms with Gasteiger partial charge in [-0.25, -0.2) is 9.18 Å².